The van der Waals surface area contributed by atoms with Crippen LogP contribution in [0, 0.1) is 0 Å². The third-order valence-corrected chi connectivity index (χ3v) is 3.89. The first-order valence-corrected chi connectivity index (χ1v) is 7.64. The van der Waals surface area contributed by atoms with Gasteiger partial charge in [-0.15, -0.1) is 0 Å². The standard InChI is InChI=1S/C17H23NO2/c1-2-3-4-5-10-16(19)18-15-12-11-13-8-6-7-9-14(13)17(15)20/h6-9,15H,2-5,10-12H2,1H3,(H,18,19). The van der Waals surface area contributed by atoms with E-state index in [2.05, 4.69) is 12.2 Å². The number of nitrogens with one attached hydrogen (secondary N) is 1. The molecule has 0 saturated carbocycles. The Morgan fingerprint density at radius 1 is 1.25 bits per heavy atom. The molecule has 2 rings (SSSR count). The molecule has 0 aliphatic heterocycles. The zero-order valence-corrected chi connectivity index (χ0v) is 12.2. The van der Waals surface area contributed by atoms with E-state index in [4.69, 9.17) is 0 Å². The van der Waals surface area contributed by atoms with Gasteiger partial charge < -0.3 is 5.32 Å². The second-order valence-electron chi connectivity index (χ2n) is 5.49. The Balaban J connectivity index is 1.86. The van der Waals surface area contributed by atoms with Gasteiger partial charge in [-0.2, -0.15) is 0 Å². The number of benzene rings is 1. The largest absolute Gasteiger partial charge is 0.346 e. The summed E-state index contributed by atoms with van der Waals surface area (Å²) in [5.74, 6) is 0.0765. The molecule has 3 nitrogen and oxygen atoms in total. The van der Waals surface area contributed by atoms with Crippen molar-refractivity contribution in [3.63, 3.8) is 0 Å². The predicted molar refractivity (Wildman–Crippen MR) is 79.8 cm³/mol. The molecule has 1 atom stereocenters. The first kappa shape index (κ1) is 14.8. The lowest BCUT2D eigenvalue weighted by molar-refractivity contribution is -0.121. The van der Waals surface area contributed by atoms with Gasteiger partial charge in [0.25, 0.3) is 0 Å². The molecule has 1 aromatic rings. The van der Waals surface area contributed by atoms with Gasteiger partial charge in [0.2, 0.25) is 5.91 Å². The zero-order valence-electron chi connectivity index (χ0n) is 12.2. The van der Waals surface area contributed by atoms with Gasteiger partial charge in [0.05, 0.1) is 6.04 Å². The summed E-state index contributed by atoms with van der Waals surface area (Å²) in [7, 11) is 0. The molecule has 0 saturated heterocycles. The minimum Gasteiger partial charge on any atom is -0.346 e. The van der Waals surface area contributed by atoms with Crippen molar-refractivity contribution in [1.29, 1.82) is 0 Å². The van der Waals surface area contributed by atoms with Crippen LogP contribution in [0.4, 0.5) is 0 Å². The summed E-state index contributed by atoms with van der Waals surface area (Å²) < 4.78 is 0. The number of ketones is 1. The smallest absolute Gasteiger partial charge is 0.220 e. The third-order valence-electron chi connectivity index (χ3n) is 3.89. The van der Waals surface area contributed by atoms with Gasteiger partial charge in [-0.05, 0) is 24.8 Å². The molecule has 1 aromatic carbocycles. The Hall–Kier alpha value is -1.64. The maximum Gasteiger partial charge on any atom is 0.220 e. The van der Waals surface area contributed by atoms with E-state index < -0.39 is 0 Å². The minimum atomic E-state index is -0.330. The summed E-state index contributed by atoms with van der Waals surface area (Å²) in [4.78, 5) is 24.2. The van der Waals surface area contributed by atoms with Gasteiger partial charge in [-0.1, -0.05) is 50.5 Å². The Morgan fingerprint density at radius 2 is 2.05 bits per heavy atom. The topological polar surface area (TPSA) is 46.2 Å². The Labute approximate surface area is 120 Å². The van der Waals surface area contributed by atoms with Gasteiger partial charge >= 0.3 is 0 Å². The fourth-order valence-corrected chi connectivity index (χ4v) is 2.71. The highest BCUT2D eigenvalue weighted by molar-refractivity contribution is 6.03. The molecule has 0 spiro atoms. The van der Waals surface area contributed by atoms with Crippen molar-refractivity contribution in [3.8, 4) is 0 Å². The number of carbonyl (C=O) groups excluding carboxylic acids is 2. The number of fused-ring (bicyclic) bond motifs is 1. The van der Waals surface area contributed by atoms with E-state index in [1.54, 1.807) is 0 Å². The number of Topliss-reactive ketones (excluding diaryl/α,β-unsaturated/α-hetero) is 1. The normalized spacial score (nSPS) is 17.6. The number of carbonyl (C=O) groups is 2. The lowest BCUT2D eigenvalue weighted by Gasteiger charge is -2.24. The highest BCUT2D eigenvalue weighted by Gasteiger charge is 2.27. The Morgan fingerprint density at radius 3 is 2.85 bits per heavy atom. The number of amides is 1. The predicted octanol–water partition coefficient (Wildman–Crippen LogP) is 3.27. The summed E-state index contributed by atoms with van der Waals surface area (Å²) in [6, 6.07) is 7.36. The molecule has 1 unspecified atom stereocenters. The van der Waals surface area contributed by atoms with Gasteiger partial charge in [0.1, 0.15) is 0 Å². The lowest BCUT2D eigenvalue weighted by atomic mass is 9.87. The molecule has 108 valence electrons. The fraction of sp³-hybridized carbons (Fsp3) is 0.529. The summed E-state index contributed by atoms with van der Waals surface area (Å²) in [6.45, 7) is 2.15. The van der Waals surface area contributed by atoms with E-state index in [9.17, 15) is 9.59 Å². The maximum absolute atomic E-state index is 12.3. The van der Waals surface area contributed by atoms with Crippen molar-refractivity contribution in [2.24, 2.45) is 0 Å². The van der Waals surface area contributed by atoms with Crippen molar-refractivity contribution in [2.75, 3.05) is 0 Å². The minimum absolute atomic E-state index is 0.0128. The van der Waals surface area contributed by atoms with Gasteiger partial charge in [0.15, 0.2) is 5.78 Å². The molecule has 1 amide bonds. The monoisotopic (exact) mass is 273 g/mol. The summed E-state index contributed by atoms with van der Waals surface area (Å²) in [5, 5.41) is 2.90. The molecule has 0 heterocycles. The Kier molecular flexibility index (Phi) is 5.33. The van der Waals surface area contributed by atoms with Gasteiger partial charge in [0, 0.05) is 12.0 Å². The van der Waals surface area contributed by atoms with Crippen molar-refractivity contribution >= 4 is 11.7 Å². The molecular formula is C17H23NO2. The molecule has 20 heavy (non-hydrogen) atoms. The average molecular weight is 273 g/mol. The number of aryl methyl sites for hydroxylation is 1. The van der Waals surface area contributed by atoms with Crippen LogP contribution >= 0.6 is 0 Å². The molecule has 0 radical (unpaired) electrons. The van der Waals surface area contributed by atoms with Crippen molar-refractivity contribution in [2.45, 2.75) is 57.9 Å². The lowest BCUT2D eigenvalue weighted by Crippen LogP contribution is -2.43. The second kappa shape index (κ2) is 7.22. The first-order chi connectivity index (χ1) is 9.72. The van der Waals surface area contributed by atoms with Gasteiger partial charge in [-0.3, -0.25) is 9.59 Å². The third kappa shape index (κ3) is 3.69. The molecular weight excluding hydrogens is 250 g/mol. The van der Waals surface area contributed by atoms with Crippen LogP contribution in [-0.4, -0.2) is 17.7 Å². The highest BCUT2D eigenvalue weighted by Crippen LogP contribution is 2.21. The van der Waals surface area contributed by atoms with E-state index in [1.807, 2.05) is 24.3 Å². The van der Waals surface area contributed by atoms with Crippen LogP contribution in [0.25, 0.3) is 0 Å². The average Bonchev–Trinajstić information content (AvgIpc) is 2.47. The molecule has 1 N–H and O–H groups in total. The quantitative estimate of drug-likeness (QED) is 0.809. The number of rotatable bonds is 6. The van der Waals surface area contributed by atoms with Crippen LogP contribution in [0.2, 0.25) is 0 Å². The number of hydrogen-bond acceptors (Lipinski definition) is 2. The van der Waals surface area contributed by atoms with E-state index >= 15 is 0 Å². The van der Waals surface area contributed by atoms with Crippen LogP contribution in [0.15, 0.2) is 24.3 Å². The van der Waals surface area contributed by atoms with E-state index in [0.29, 0.717) is 6.42 Å². The van der Waals surface area contributed by atoms with Crippen molar-refractivity contribution in [3.05, 3.63) is 35.4 Å². The molecule has 0 aromatic heterocycles. The molecule has 1 aliphatic rings. The SMILES string of the molecule is CCCCCCC(=O)NC1CCc2ccccc2C1=O. The summed E-state index contributed by atoms with van der Waals surface area (Å²) in [6.07, 6.45) is 6.45. The van der Waals surface area contributed by atoms with Crippen molar-refractivity contribution in [1.82, 2.24) is 5.32 Å². The van der Waals surface area contributed by atoms with Crippen LogP contribution in [0.5, 0.6) is 0 Å². The fourth-order valence-electron chi connectivity index (χ4n) is 2.71. The molecule has 1 aliphatic carbocycles. The van der Waals surface area contributed by atoms with Crippen LogP contribution in [0.3, 0.4) is 0 Å². The summed E-state index contributed by atoms with van der Waals surface area (Å²) >= 11 is 0. The Bertz CT molecular complexity index is 482. The number of hydrogen-bond donors (Lipinski definition) is 1. The summed E-state index contributed by atoms with van der Waals surface area (Å²) in [5.41, 5.74) is 1.88. The second-order valence-corrected chi connectivity index (χ2v) is 5.49. The van der Waals surface area contributed by atoms with E-state index in [1.165, 1.54) is 12.8 Å². The van der Waals surface area contributed by atoms with Gasteiger partial charge in [-0.25, -0.2) is 0 Å². The molecule has 0 fully saturated rings. The molecule has 3 heteroatoms. The molecule has 0 bridgehead atoms. The highest BCUT2D eigenvalue weighted by atomic mass is 16.2. The number of unbranched alkanes of at least 4 members (excludes halogenated alkanes) is 3. The van der Waals surface area contributed by atoms with Crippen LogP contribution in [0.1, 0.15) is 61.4 Å². The first-order valence-electron chi connectivity index (χ1n) is 7.64. The van der Waals surface area contributed by atoms with Crippen molar-refractivity contribution < 1.29 is 9.59 Å². The van der Waals surface area contributed by atoms with E-state index in [0.717, 1.165) is 36.8 Å². The van der Waals surface area contributed by atoms with E-state index in [-0.39, 0.29) is 17.7 Å². The maximum atomic E-state index is 12.3. The van der Waals surface area contributed by atoms with Crippen LogP contribution < -0.4 is 5.32 Å². The zero-order chi connectivity index (χ0) is 14.4. The van der Waals surface area contributed by atoms with Crippen LogP contribution in [-0.2, 0) is 11.2 Å².